The lowest BCUT2D eigenvalue weighted by atomic mass is 10.3. The van der Waals surface area contributed by atoms with Crippen LogP contribution < -0.4 is 5.32 Å². The van der Waals surface area contributed by atoms with E-state index in [0.717, 1.165) is 11.4 Å². The van der Waals surface area contributed by atoms with Crippen LogP contribution >= 0.6 is 11.3 Å². The fourth-order valence-electron chi connectivity index (χ4n) is 1.16. The normalized spacial score (nSPS) is 9.38. The maximum Gasteiger partial charge on any atom is 0.310 e. The van der Waals surface area contributed by atoms with Crippen LogP contribution in [0.1, 0.15) is 16.7 Å². The van der Waals surface area contributed by atoms with Gasteiger partial charge in [-0.2, -0.15) is 0 Å². The smallest absolute Gasteiger partial charge is 0.310 e. The summed E-state index contributed by atoms with van der Waals surface area (Å²) in [6, 6.07) is 3.99. The highest BCUT2D eigenvalue weighted by Crippen LogP contribution is 2.17. The van der Waals surface area contributed by atoms with Gasteiger partial charge in [-0.1, -0.05) is 5.92 Å². The van der Waals surface area contributed by atoms with Crippen molar-refractivity contribution in [2.45, 2.75) is 19.9 Å². The summed E-state index contributed by atoms with van der Waals surface area (Å²) in [6.07, 6.45) is 0.357. The number of carbonyl (C=O) groups is 1. The van der Waals surface area contributed by atoms with Crippen LogP contribution in [0, 0.1) is 11.8 Å². The maximum atomic E-state index is 11.0. The third-order valence-electron chi connectivity index (χ3n) is 1.95. The molecule has 1 heterocycles. The van der Waals surface area contributed by atoms with E-state index in [0.29, 0.717) is 13.0 Å². The van der Waals surface area contributed by atoms with Gasteiger partial charge < -0.3 is 10.1 Å². The molecule has 1 aromatic rings. The summed E-state index contributed by atoms with van der Waals surface area (Å²) in [6.45, 7) is 3.31. The Bertz CT molecular complexity index is 401. The number of thiophene rings is 1. The van der Waals surface area contributed by atoms with Gasteiger partial charge in [0.05, 0.1) is 20.1 Å². The first kappa shape index (κ1) is 12.8. The van der Waals surface area contributed by atoms with E-state index >= 15 is 0 Å². The summed E-state index contributed by atoms with van der Waals surface area (Å²) in [7, 11) is 1.40. The number of hydrogen-bond donors (Lipinski definition) is 1. The van der Waals surface area contributed by atoms with Crippen molar-refractivity contribution in [2.24, 2.45) is 0 Å². The van der Waals surface area contributed by atoms with Gasteiger partial charge in [0.1, 0.15) is 0 Å². The van der Waals surface area contributed by atoms with Gasteiger partial charge in [0.2, 0.25) is 0 Å². The quantitative estimate of drug-likeness (QED) is 0.480. The number of nitrogens with one attached hydrogen (secondary N) is 1. The molecule has 0 aromatic carbocycles. The van der Waals surface area contributed by atoms with Crippen molar-refractivity contribution in [1.29, 1.82) is 0 Å². The molecule has 16 heavy (non-hydrogen) atoms. The Morgan fingerprint density at radius 1 is 1.50 bits per heavy atom. The molecule has 0 radical (unpaired) electrons. The molecule has 0 aliphatic carbocycles. The highest BCUT2D eigenvalue weighted by molar-refractivity contribution is 7.12. The van der Waals surface area contributed by atoms with Gasteiger partial charge in [-0.05, 0) is 19.1 Å². The Balaban J connectivity index is 2.38. The van der Waals surface area contributed by atoms with E-state index in [-0.39, 0.29) is 5.97 Å². The van der Waals surface area contributed by atoms with Gasteiger partial charge in [-0.25, -0.2) is 0 Å². The lowest BCUT2D eigenvalue weighted by Crippen LogP contribution is -2.11. The van der Waals surface area contributed by atoms with Crippen molar-refractivity contribution in [3.05, 3.63) is 21.9 Å². The van der Waals surface area contributed by atoms with E-state index in [1.165, 1.54) is 12.0 Å². The van der Waals surface area contributed by atoms with E-state index in [1.54, 1.807) is 11.3 Å². The third kappa shape index (κ3) is 4.47. The molecule has 0 amide bonds. The number of ether oxygens (including phenoxy) is 1. The van der Waals surface area contributed by atoms with E-state index < -0.39 is 0 Å². The Kier molecular flexibility index (Phi) is 5.62. The number of hydrogen-bond acceptors (Lipinski definition) is 4. The minimum absolute atomic E-state index is 0.196. The first-order valence-electron chi connectivity index (χ1n) is 5.01. The molecule has 0 bridgehead atoms. The van der Waals surface area contributed by atoms with Crippen LogP contribution in [0.15, 0.2) is 12.1 Å². The van der Waals surface area contributed by atoms with Crippen LogP contribution in [0.2, 0.25) is 0 Å². The predicted molar refractivity (Wildman–Crippen MR) is 65.2 cm³/mol. The fourth-order valence-corrected chi connectivity index (χ4v) is 2.14. The SMILES string of the molecule is CC#CCNCc1ccc(CC(=O)OC)s1. The van der Waals surface area contributed by atoms with Crippen LogP contribution in [0.3, 0.4) is 0 Å². The van der Waals surface area contributed by atoms with Crippen molar-refractivity contribution in [2.75, 3.05) is 13.7 Å². The van der Waals surface area contributed by atoms with Crippen LogP contribution in [-0.4, -0.2) is 19.6 Å². The Labute approximate surface area is 99.8 Å². The second-order valence-corrected chi connectivity index (χ2v) is 4.40. The molecule has 0 saturated carbocycles. The molecule has 86 valence electrons. The molecule has 0 aliphatic rings. The van der Waals surface area contributed by atoms with E-state index in [9.17, 15) is 4.79 Å². The zero-order valence-corrected chi connectivity index (χ0v) is 10.3. The molecule has 0 atom stereocenters. The predicted octanol–water partition coefficient (Wildman–Crippen LogP) is 1.58. The zero-order chi connectivity index (χ0) is 11.8. The second kappa shape index (κ2) is 7.04. The van der Waals surface area contributed by atoms with E-state index in [1.807, 2.05) is 19.1 Å². The largest absolute Gasteiger partial charge is 0.469 e. The van der Waals surface area contributed by atoms with Gasteiger partial charge >= 0.3 is 5.97 Å². The number of carbonyl (C=O) groups excluding carboxylic acids is 1. The highest BCUT2D eigenvalue weighted by atomic mass is 32.1. The van der Waals surface area contributed by atoms with Gasteiger partial charge in [0, 0.05) is 16.3 Å². The van der Waals surface area contributed by atoms with Gasteiger partial charge in [-0.3, -0.25) is 4.79 Å². The summed E-state index contributed by atoms with van der Waals surface area (Å²) in [5.41, 5.74) is 0. The third-order valence-corrected chi connectivity index (χ3v) is 3.04. The molecule has 0 spiro atoms. The summed E-state index contributed by atoms with van der Waals surface area (Å²) >= 11 is 1.62. The molecule has 0 fully saturated rings. The van der Waals surface area contributed by atoms with Gasteiger partial charge in [0.25, 0.3) is 0 Å². The number of methoxy groups -OCH3 is 1. The Morgan fingerprint density at radius 3 is 2.94 bits per heavy atom. The van der Waals surface area contributed by atoms with Crippen LogP contribution in [0.5, 0.6) is 0 Å². The molecule has 1 rings (SSSR count). The van der Waals surface area contributed by atoms with Crippen molar-refractivity contribution in [3.8, 4) is 11.8 Å². The summed E-state index contributed by atoms with van der Waals surface area (Å²) < 4.78 is 4.61. The Morgan fingerprint density at radius 2 is 2.25 bits per heavy atom. The van der Waals surface area contributed by atoms with Crippen LogP contribution in [-0.2, 0) is 22.5 Å². The topological polar surface area (TPSA) is 38.3 Å². The molecular formula is C12H15NO2S. The van der Waals surface area contributed by atoms with E-state index in [2.05, 4.69) is 21.9 Å². The molecule has 4 heteroatoms. The highest BCUT2D eigenvalue weighted by Gasteiger charge is 2.05. The minimum atomic E-state index is -0.196. The zero-order valence-electron chi connectivity index (χ0n) is 9.50. The van der Waals surface area contributed by atoms with E-state index in [4.69, 9.17) is 0 Å². The summed E-state index contributed by atoms with van der Waals surface area (Å²) in [4.78, 5) is 13.3. The summed E-state index contributed by atoms with van der Waals surface area (Å²) in [5, 5.41) is 3.20. The van der Waals surface area contributed by atoms with Crippen LogP contribution in [0.4, 0.5) is 0 Å². The monoisotopic (exact) mass is 237 g/mol. The first-order valence-corrected chi connectivity index (χ1v) is 5.82. The molecule has 0 unspecified atom stereocenters. The molecule has 1 aromatic heterocycles. The fraction of sp³-hybridized carbons (Fsp3) is 0.417. The average Bonchev–Trinajstić information content (AvgIpc) is 2.72. The van der Waals surface area contributed by atoms with Crippen molar-refractivity contribution >= 4 is 17.3 Å². The maximum absolute atomic E-state index is 11.0. The molecule has 3 nitrogen and oxygen atoms in total. The second-order valence-electron chi connectivity index (χ2n) is 3.15. The number of esters is 1. The molecular weight excluding hydrogens is 222 g/mol. The van der Waals surface area contributed by atoms with Gasteiger partial charge in [-0.15, -0.1) is 17.3 Å². The average molecular weight is 237 g/mol. The summed E-state index contributed by atoms with van der Waals surface area (Å²) in [5.74, 6) is 5.56. The van der Waals surface area contributed by atoms with Gasteiger partial charge in [0.15, 0.2) is 0 Å². The lowest BCUT2D eigenvalue weighted by molar-refractivity contribution is -0.139. The molecule has 1 N–H and O–H groups in total. The van der Waals surface area contributed by atoms with Crippen LogP contribution in [0.25, 0.3) is 0 Å². The molecule has 0 aliphatic heterocycles. The first-order chi connectivity index (χ1) is 7.76. The van der Waals surface area contributed by atoms with Crippen molar-refractivity contribution in [3.63, 3.8) is 0 Å². The standard InChI is InChI=1S/C12H15NO2S/c1-3-4-7-13-9-11-6-5-10(16-11)8-12(14)15-2/h5-6,13H,7-9H2,1-2H3. The molecule has 0 saturated heterocycles. The van der Waals surface area contributed by atoms with Crippen molar-refractivity contribution < 1.29 is 9.53 Å². The number of rotatable bonds is 5. The minimum Gasteiger partial charge on any atom is -0.469 e. The Hall–Kier alpha value is -1.31. The van der Waals surface area contributed by atoms with Crippen molar-refractivity contribution in [1.82, 2.24) is 5.32 Å². The lowest BCUT2D eigenvalue weighted by Gasteiger charge is -1.97.